The minimum atomic E-state index is -0.333. The second-order valence-electron chi connectivity index (χ2n) is 5.74. The minimum Gasteiger partial charge on any atom is -0.354 e. The van der Waals surface area contributed by atoms with Crippen LogP contribution in [-0.2, 0) is 4.79 Å². The smallest absolute Gasteiger partial charge is 0.261 e. The van der Waals surface area contributed by atoms with E-state index in [2.05, 4.69) is 29.8 Å². The van der Waals surface area contributed by atoms with Gasteiger partial charge in [0.2, 0.25) is 0 Å². The number of nitriles is 1. The molecule has 1 aromatic heterocycles. The number of carbonyl (C=O) groups is 1. The summed E-state index contributed by atoms with van der Waals surface area (Å²) >= 11 is 0. The van der Waals surface area contributed by atoms with Crippen molar-refractivity contribution in [2.45, 2.75) is 52.0 Å². The lowest BCUT2D eigenvalue weighted by atomic mass is 9.95. The lowest BCUT2D eigenvalue weighted by Gasteiger charge is -2.26. The molecule has 112 valence electrons. The summed E-state index contributed by atoms with van der Waals surface area (Å²) in [6, 6.07) is 4.61. The van der Waals surface area contributed by atoms with E-state index >= 15 is 0 Å². The van der Waals surface area contributed by atoms with Gasteiger partial charge in [0, 0.05) is 24.5 Å². The van der Waals surface area contributed by atoms with Crippen LogP contribution in [0, 0.1) is 25.2 Å². The van der Waals surface area contributed by atoms with Crippen LogP contribution < -0.4 is 5.32 Å². The van der Waals surface area contributed by atoms with Crippen LogP contribution >= 0.6 is 0 Å². The fourth-order valence-corrected chi connectivity index (χ4v) is 3.29. The van der Waals surface area contributed by atoms with Crippen molar-refractivity contribution in [3.63, 3.8) is 0 Å². The van der Waals surface area contributed by atoms with Crippen molar-refractivity contribution in [1.29, 1.82) is 5.26 Å². The van der Waals surface area contributed by atoms with Gasteiger partial charge in [-0.15, -0.1) is 0 Å². The topological polar surface area (TPSA) is 57.8 Å². The quantitative estimate of drug-likeness (QED) is 0.684. The normalized spacial score (nSPS) is 16.6. The summed E-state index contributed by atoms with van der Waals surface area (Å²) in [6.07, 6.45) is 8.04. The predicted molar refractivity (Wildman–Crippen MR) is 83.7 cm³/mol. The van der Waals surface area contributed by atoms with Crippen LogP contribution in [0.15, 0.2) is 11.6 Å². The van der Waals surface area contributed by atoms with Crippen LogP contribution in [0.3, 0.4) is 0 Å². The Labute approximate surface area is 126 Å². The van der Waals surface area contributed by atoms with E-state index in [1.54, 1.807) is 13.1 Å². The molecule has 0 saturated heterocycles. The Balaban J connectivity index is 2.37. The summed E-state index contributed by atoms with van der Waals surface area (Å²) in [5.41, 5.74) is 3.48. The molecule has 0 unspecified atom stereocenters. The molecule has 0 aromatic carbocycles. The van der Waals surface area contributed by atoms with Crippen LogP contribution in [0.1, 0.15) is 55.1 Å². The molecule has 0 radical (unpaired) electrons. The number of likely N-dealkylation sites (N-methyl/N-ethyl adjacent to an activating group) is 1. The van der Waals surface area contributed by atoms with Crippen LogP contribution in [-0.4, -0.2) is 17.5 Å². The van der Waals surface area contributed by atoms with Crippen LogP contribution in [0.5, 0.6) is 0 Å². The molecule has 0 atom stereocenters. The van der Waals surface area contributed by atoms with E-state index in [0.29, 0.717) is 6.04 Å². The summed E-state index contributed by atoms with van der Waals surface area (Å²) in [5.74, 6) is -0.333. The maximum Gasteiger partial charge on any atom is 0.261 e. The molecule has 1 aliphatic carbocycles. The second kappa shape index (κ2) is 6.62. The highest BCUT2D eigenvalue weighted by atomic mass is 16.1. The maximum absolute atomic E-state index is 11.6. The molecule has 4 nitrogen and oxygen atoms in total. The first-order chi connectivity index (χ1) is 10.1. The summed E-state index contributed by atoms with van der Waals surface area (Å²) < 4.78 is 2.38. The largest absolute Gasteiger partial charge is 0.354 e. The van der Waals surface area contributed by atoms with Gasteiger partial charge in [0.25, 0.3) is 5.91 Å². The van der Waals surface area contributed by atoms with Gasteiger partial charge < -0.3 is 9.88 Å². The predicted octanol–water partition coefficient (Wildman–Crippen LogP) is 3.26. The van der Waals surface area contributed by atoms with E-state index in [1.807, 2.05) is 6.07 Å². The van der Waals surface area contributed by atoms with Crippen molar-refractivity contribution in [3.8, 4) is 6.07 Å². The molecule has 1 fully saturated rings. The Bertz CT molecular complexity index is 598. The number of hydrogen-bond donors (Lipinski definition) is 1. The zero-order chi connectivity index (χ0) is 15.4. The Morgan fingerprint density at radius 1 is 1.38 bits per heavy atom. The molecule has 1 amide bonds. The minimum absolute atomic E-state index is 0.154. The van der Waals surface area contributed by atoms with Crippen molar-refractivity contribution >= 4 is 12.0 Å². The van der Waals surface area contributed by atoms with Gasteiger partial charge in [-0.2, -0.15) is 5.26 Å². The molecule has 0 bridgehead atoms. The molecule has 1 aliphatic rings. The van der Waals surface area contributed by atoms with E-state index in [9.17, 15) is 4.79 Å². The van der Waals surface area contributed by atoms with E-state index < -0.39 is 0 Å². The number of hydrogen-bond acceptors (Lipinski definition) is 2. The fourth-order valence-electron chi connectivity index (χ4n) is 3.29. The molecule has 2 rings (SSSR count). The summed E-state index contributed by atoms with van der Waals surface area (Å²) in [4.78, 5) is 11.6. The molecule has 1 saturated carbocycles. The monoisotopic (exact) mass is 285 g/mol. The summed E-state index contributed by atoms with van der Waals surface area (Å²) in [7, 11) is 1.54. The molecule has 4 heteroatoms. The van der Waals surface area contributed by atoms with Crippen LogP contribution in [0.25, 0.3) is 6.08 Å². The highest BCUT2D eigenvalue weighted by Crippen LogP contribution is 2.32. The third-order valence-electron chi connectivity index (χ3n) is 4.36. The zero-order valence-corrected chi connectivity index (χ0v) is 13.1. The van der Waals surface area contributed by atoms with E-state index in [1.165, 1.54) is 37.8 Å². The lowest BCUT2D eigenvalue weighted by molar-refractivity contribution is -0.116. The summed E-state index contributed by atoms with van der Waals surface area (Å²) in [6.45, 7) is 4.18. The first-order valence-electron chi connectivity index (χ1n) is 7.60. The first kappa shape index (κ1) is 15.4. The molecule has 0 aliphatic heterocycles. The standard InChI is InChI=1S/C17H23N3O/c1-12-9-14(10-15(11-18)17(21)19-3)13(2)20(12)16-7-5-4-6-8-16/h9-10,16H,4-8H2,1-3H3,(H,19,21). The molecular weight excluding hydrogens is 262 g/mol. The van der Waals surface area contributed by atoms with Gasteiger partial charge in [0.15, 0.2) is 0 Å². The van der Waals surface area contributed by atoms with Crippen molar-refractivity contribution in [3.05, 3.63) is 28.6 Å². The number of carbonyl (C=O) groups excluding carboxylic acids is 1. The molecule has 1 aromatic rings. The van der Waals surface area contributed by atoms with Gasteiger partial charge in [-0.3, -0.25) is 4.79 Å². The Hall–Kier alpha value is -2.02. The SMILES string of the molecule is CNC(=O)C(C#N)=Cc1cc(C)n(C2CCCCC2)c1C. The number of nitrogens with zero attached hydrogens (tertiary/aromatic N) is 2. The number of nitrogens with one attached hydrogen (secondary N) is 1. The van der Waals surface area contributed by atoms with Crippen molar-refractivity contribution < 1.29 is 4.79 Å². The zero-order valence-electron chi connectivity index (χ0n) is 13.1. The van der Waals surface area contributed by atoms with Crippen LogP contribution in [0.2, 0.25) is 0 Å². The number of amides is 1. The molecule has 0 spiro atoms. The van der Waals surface area contributed by atoms with Crippen molar-refractivity contribution in [2.24, 2.45) is 0 Å². The molecule has 1 heterocycles. The second-order valence-corrected chi connectivity index (χ2v) is 5.74. The number of rotatable bonds is 3. The lowest BCUT2D eigenvalue weighted by Crippen LogP contribution is -2.19. The third kappa shape index (κ3) is 3.18. The average molecular weight is 285 g/mol. The van der Waals surface area contributed by atoms with Gasteiger partial charge in [-0.25, -0.2) is 0 Å². The Kier molecular flexibility index (Phi) is 4.85. The molecule has 1 N–H and O–H groups in total. The maximum atomic E-state index is 11.6. The van der Waals surface area contributed by atoms with Gasteiger partial charge in [-0.05, 0) is 44.4 Å². The van der Waals surface area contributed by atoms with Gasteiger partial charge in [0.1, 0.15) is 11.6 Å². The summed E-state index contributed by atoms with van der Waals surface area (Å²) in [5, 5.41) is 11.6. The Morgan fingerprint density at radius 3 is 2.62 bits per heavy atom. The first-order valence-corrected chi connectivity index (χ1v) is 7.60. The fraction of sp³-hybridized carbons (Fsp3) is 0.529. The highest BCUT2D eigenvalue weighted by molar-refractivity contribution is 6.01. The third-order valence-corrected chi connectivity index (χ3v) is 4.36. The van der Waals surface area contributed by atoms with E-state index in [4.69, 9.17) is 5.26 Å². The van der Waals surface area contributed by atoms with Crippen LogP contribution in [0.4, 0.5) is 0 Å². The number of aryl methyl sites for hydroxylation is 1. The van der Waals surface area contributed by atoms with Crippen molar-refractivity contribution in [2.75, 3.05) is 7.05 Å². The molecular formula is C17H23N3O. The van der Waals surface area contributed by atoms with E-state index in [-0.39, 0.29) is 11.5 Å². The average Bonchev–Trinajstić information content (AvgIpc) is 2.79. The van der Waals surface area contributed by atoms with Gasteiger partial charge in [0.05, 0.1) is 0 Å². The van der Waals surface area contributed by atoms with Crippen molar-refractivity contribution in [1.82, 2.24) is 9.88 Å². The van der Waals surface area contributed by atoms with Gasteiger partial charge in [-0.1, -0.05) is 19.3 Å². The highest BCUT2D eigenvalue weighted by Gasteiger charge is 2.20. The molecule has 21 heavy (non-hydrogen) atoms. The van der Waals surface area contributed by atoms with E-state index in [0.717, 1.165) is 11.3 Å². The number of aromatic nitrogens is 1. The van der Waals surface area contributed by atoms with Gasteiger partial charge >= 0.3 is 0 Å². The Morgan fingerprint density at radius 2 is 2.05 bits per heavy atom.